The van der Waals surface area contributed by atoms with Gasteiger partial charge in [0.25, 0.3) is 0 Å². The molecular weight excluding hydrogens is 233 g/mol. The van der Waals surface area contributed by atoms with Gasteiger partial charge in [0.1, 0.15) is 0 Å². The topological polar surface area (TPSA) is 65.0 Å². The quantitative estimate of drug-likeness (QED) is 0.721. The number of aliphatic hydroxyl groups excluding tert-OH is 1. The average molecular weight is 246 g/mol. The molecule has 1 aliphatic carbocycles. The zero-order valence-corrected chi connectivity index (χ0v) is 9.25. The van der Waals surface area contributed by atoms with Crippen molar-refractivity contribution in [3.8, 4) is 0 Å². The number of phosphoric acid groups is 1. The van der Waals surface area contributed by atoms with Crippen LogP contribution in [0.3, 0.4) is 0 Å². The Balaban J connectivity index is 2.60. The van der Waals surface area contributed by atoms with E-state index in [2.05, 4.69) is 13.6 Å². The van der Waals surface area contributed by atoms with E-state index in [0.29, 0.717) is 0 Å². The lowest BCUT2D eigenvalue weighted by molar-refractivity contribution is -0.207. The zero-order valence-electron chi connectivity index (χ0n) is 8.35. The summed E-state index contributed by atoms with van der Waals surface area (Å²) in [7, 11) is -2.27. The number of rotatable bonds is 6. The fourth-order valence-electron chi connectivity index (χ4n) is 1.23. The molecule has 1 saturated carbocycles. The monoisotopic (exact) mass is 246 g/mol. The summed E-state index contributed by atoms with van der Waals surface area (Å²) in [6, 6.07) is 0. The molecule has 0 aromatic rings. The summed E-state index contributed by atoms with van der Waals surface area (Å²) < 4.78 is 50.3. The van der Waals surface area contributed by atoms with Crippen molar-refractivity contribution in [2.24, 2.45) is 11.8 Å². The Labute approximate surface area is 85.9 Å². The number of hydrogen-bond acceptors (Lipinski definition) is 5. The minimum absolute atomic E-state index is 0.136. The van der Waals surface area contributed by atoms with Gasteiger partial charge in [0.15, 0.2) is 0 Å². The van der Waals surface area contributed by atoms with Crippen LogP contribution in [0.25, 0.3) is 0 Å². The van der Waals surface area contributed by atoms with Gasteiger partial charge in [-0.25, -0.2) is 9.09 Å². The third-order valence-electron chi connectivity index (χ3n) is 2.27. The summed E-state index contributed by atoms with van der Waals surface area (Å²) in [5.41, 5.74) is 0. The minimum Gasteiger partial charge on any atom is -0.396 e. The molecule has 0 aliphatic heterocycles. The van der Waals surface area contributed by atoms with Crippen LogP contribution in [0.4, 0.5) is 8.78 Å². The third kappa shape index (κ3) is 2.95. The number of halogens is 2. The van der Waals surface area contributed by atoms with Crippen LogP contribution in [0.2, 0.25) is 0 Å². The van der Waals surface area contributed by atoms with E-state index in [0.717, 1.165) is 14.2 Å². The summed E-state index contributed by atoms with van der Waals surface area (Å²) in [5.74, 6) is -1.64. The lowest BCUT2D eigenvalue weighted by atomic mass is 10.3. The molecule has 8 heteroatoms. The first kappa shape index (κ1) is 13.0. The van der Waals surface area contributed by atoms with E-state index in [9.17, 15) is 13.3 Å². The van der Waals surface area contributed by atoms with Crippen LogP contribution in [0, 0.1) is 11.8 Å². The van der Waals surface area contributed by atoms with Gasteiger partial charge in [0, 0.05) is 20.8 Å². The zero-order chi connectivity index (χ0) is 11.7. The normalized spacial score (nSPS) is 26.7. The highest BCUT2D eigenvalue weighted by Crippen LogP contribution is 2.59. The number of hydrogen-bond donors (Lipinski definition) is 1. The first-order chi connectivity index (χ1) is 6.88. The van der Waals surface area contributed by atoms with Crippen LogP contribution in [0.15, 0.2) is 0 Å². The van der Waals surface area contributed by atoms with Crippen molar-refractivity contribution in [2.45, 2.75) is 12.5 Å². The van der Waals surface area contributed by atoms with Crippen LogP contribution in [0.1, 0.15) is 6.42 Å². The van der Waals surface area contributed by atoms with Crippen molar-refractivity contribution in [3.63, 3.8) is 0 Å². The molecule has 1 rings (SSSR count). The molecular formula is C7H13F2O5P. The fraction of sp³-hybridized carbons (Fsp3) is 1.00. The SMILES string of the molecule is COP(=O)(OC)OC(F)(F)[C@H]1C[C@@H]1CO. The van der Waals surface area contributed by atoms with Crippen LogP contribution < -0.4 is 0 Å². The van der Waals surface area contributed by atoms with Crippen LogP contribution in [0.5, 0.6) is 0 Å². The second kappa shape index (κ2) is 4.43. The van der Waals surface area contributed by atoms with E-state index in [1.807, 2.05) is 0 Å². The van der Waals surface area contributed by atoms with Crippen molar-refractivity contribution < 1.29 is 32.0 Å². The summed E-state index contributed by atoms with van der Waals surface area (Å²) in [5, 5.41) is 8.63. The van der Waals surface area contributed by atoms with Crippen molar-refractivity contribution in [3.05, 3.63) is 0 Å². The van der Waals surface area contributed by atoms with Gasteiger partial charge in [-0.3, -0.25) is 9.05 Å². The van der Waals surface area contributed by atoms with E-state index < -0.39 is 25.8 Å². The largest absolute Gasteiger partial charge is 0.479 e. The van der Waals surface area contributed by atoms with Crippen molar-refractivity contribution >= 4 is 7.82 Å². The number of aliphatic hydroxyl groups is 1. The Morgan fingerprint density at radius 1 is 1.47 bits per heavy atom. The molecule has 0 spiro atoms. The molecule has 1 N–H and O–H groups in total. The molecule has 15 heavy (non-hydrogen) atoms. The molecule has 1 aliphatic rings. The Kier molecular flexibility index (Phi) is 3.84. The van der Waals surface area contributed by atoms with Crippen LogP contribution >= 0.6 is 7.82 Å². The Bertz CT molecular complexity index is 264. The maximum atomic E-state index is 13.2. The molecule has 0 amide bonds. The maximum absolute atomic E-state index is 13.2. The predicted octanol–water partition coefficient (Wildman–Crippen LogP) is 1.63. The van der Waals surface area contributed by atoms with Crippen molar-refractivity contribution in [2.75, 3.05) is 20.8 Å². The Hall–Kier alpha value is -0.0700. The standard InChI is InChI=1S/C7H13F2O5P/c1-12-15(11,13-2)14-7(8,9)6-3-5(6)4-10/h5-6,10H,3-4H2,1-2H3/t5-,6+/m1/s1. The van der Waals surface area contributed by atoms with Gasteiger partial charge < -0.3 is 5.11 Å². The van der Waals surface area contributed by atoms with Gasteiger partial charge in [0.05, 0.1) is 5.92 Å². The maximum Gasteiger partial charge on any atom is 0.479 e. The van der Waals surface area contributed by atoms with E-state index in [1.54, 1.807) is 0 Å². The lowest BCUT2D eigenvalue weighted by Gasteiger charge is -2.21. The van der Waals surface area contributed by atoms with Gasteiger partial charge in [-0.1, -0.05) is 0 Å². The molecule has 0 radical (unpaired) electrons. The van der Waals surface area contributed by atoms with Gasteiger partial charge >= 0.3 is 13.9 Å². The second-order valence-electron chi connectivity index (χ2n) is 3.25. The molecule has 0 saturated heterocycles. The Morgan fingerprint density at radius 3 is 2.33 bits per heavy atom. The summed E-state index contributed by atoms with van der Waals surface area (Å²) in [4.78, 5) is 0. The number of phosphoric ester groups is 1. The van der Waals surface area contributed by atoms with E-state index >= 15 is 0 Å². The first-order valence-corrected chi connectivity index (χ1v) is 5.75. The third-order valence-corrected chi connectivity index (χ3v) is 3.63. The van der Waals surface area contributed by atoms with E-state index in [4.69, 9.17) is 5.11 Å². The molecule has 2 atom stereocenters. The predicted molar refractivity (Wildman–Crippen MR) is 46.3 cm³/mol. The highest BCUT2D eigenvalue weighted by Gasteiger charge is 2.58. The second-order valence-corrected chi connectivity index (χ2v) is 5.06. The summed E-state index contributed by atoms with van der Waals surface area (Å²) in [6.07, 6.45) is -3.47. The fourth-order valence-corrected chi connectivity index (χ4v) is 1.96. The smallest absolute Gasteiger partial charge is 0.396 e. The highest BCUT2D eigenvalue weighted by molar-refractivity contribution is 7.48. The summed E-state index contributed by atoms with van der Waals surface area (Å²) >= 11 is 0. The molecule has 0 bridgehead atoms. The highest BCUT2D eigenvalue weighted by atomic mass is 31.2. The molecule has 90 valence electrons. The summed E-state index contributed by atoms with van der Waals surface area (Å²) in [6.45, 7) is -0.339. The average Bonchev–Trinajstić information content (AvgIpc) is 2.96. The van der Waals surface area contributed by atoms with Gasteiger partial charge in [-0.15, -0.1) is 0 Å². The molecule has 0 unspecified atom stereocenters. The van der Waals surface area contributed by atoms with Crippen molar-refractivity contribution in [1.29, 1.82) is 0 Å². The van der Waals surface area contributed by atoms with Crippen LogP contribution in [-0.2, 0) is 18.1 Å². The lowest BCUT2D eigenvalue weighted by Crippen LogP contribution is -2.24. The first-order valence-electron chi connectivity index (χ1n) is 4.29. The van der Waals surface area contributed by atoms with Gasteiger partial charge in [-0.05, 0) is 12.3 Å². The van der Waals surface area contributed by atoms with E-state index in [-0.39, 0.29) is 13.0 Å². The van der Waals surface area contributed by atoms with Gasteiger partial charge in [0.2, 0.25) is 0 Å². The van der Waals surface area contributed by atoms with E-state index in [1.165, 1.54) is 0 Å². The molecule has 5 nitrogen and oxygen atoms in total. The Morgan fingerprint density at radius 2 is 2.00 bits per heavy atom. The van der Waals surface area contributed by atoms with Crippen LogP contribution in [-0.4, -0.2) is 32.0 Å². The number of alkyl halides is 2. The minimum atomic E-state index is -4.19. The van der Waals surface area contributed by atoms with Crippen molar-refractivity contribution in [1.82, 2.24) is 0 Å². The van der Waals surface area contributed by atoms with Gasteiger partial charge in [-0.2, -0.15) is 8.78 Å². The molecule has 1 fully saturated rings. The molecule has 0 aromatic heterocycles. The molecule has 0 aromatic carbocycles. The molecule has 0 heterocycles.